The number of hydrogen-bond donors (Lipinski definition) is 1. The van der Waals surface area contributed by atoms with Gasteiger partial charge in [0.05, 0.1) is 6.10 Å². The van der Waals surface area contributed by atoms with Crippen molar-refractivity contribution in [2.75, 3.05) is 6.54 Å². The van der Waals surface area contributed by atoms with Crippen LogP contribution in [0.4, 0.5) is 4.79 Å². The number of aliphatic hydroxyl groups excluding tert-OH is 1. The van der Waals surface area contributed by atoms with Gasteiger partial charge < -0.3 is 14.7 Å². The molecule has 1 amide bonds. The molecule has 122 valence electrons. The Balaban J connectivity index is 2.02. The maximum absolute atomic E-state index is 12.4. The van der Waals surface area contributed by atoms with Crippen molar-refractivity contribution in [1.29, 1.82) is 0 Å². The summed E-state index contributed by atoms with van der Waals surface area (Å²) in [5, 5.41) is 10.4. The molecule has 1 heterocycles. The van der Waals surface area contributed by atoms with Gasteiger partial charge in [-0.25, -0.2) is 4.79 Å². The van der Waals surface area contributed by atoms with Crippen LogP contribution in [-0.4, -0.2) is 34.3 Å². The smallest absolute Gasteiger partial charge is 0.410 e. The first-order valence-electron chi connectivity index (χ1n) is 8.09. The van der Waals surface area contributed by atoms with Crippen molar-refractivity contribution < 1.29 is 14.6 Å². The van der Waals surface area contributed by atoms with Gasteiger partial charge in [0.25, 0.3) is 0 Å². The second-order valence-electron chi connectivity index (χ2n) is 6.99. The number of hydrogen-bond acceptors (Lipinski definition) is 3. The van der Waals surface area contributed by atoms with Gasteiger partial charge in [0, 0.05) is 12.6 Å². The predicted octanol–water partition coefficient (Wildman–Crippen LogP) is 3.90. The predicted molar refractivity (Wildman–Crippen MR) is 86.6 cm³/mol. The van der Waals surface area contributed by atoms with Gasteiger partial charge in [0.1, 0.15) is 5.60 Å². The Kier molecular flexibility index (Phi) is 5.46. The Hall–Kier alpha value is -1.55. The maximum Gasteiger partial charge on any atom is 0.410 e. The zero-order chi connectivity index (χ0) is 16.2. The molecule has 1 saturated heterocycles. The van der Waals surface area contributed by atoms with Crippen LogP contribution in [0.1, 0.15) is 58.1 Å². The molecule has 0 spiro atoms. The highest BCUT2D eigenvalue weighted by Gasteiger charge is 2.31. The summed E-state index contributed by atoms with van der Waals surface area (Å²) < 4.78 is 5.50. The van der Waals surface area contributed by atoms with Crippen molar-refractivity contribution in [3.05, 3.63) is 35.9 Å². The van der Waals surface area contributed by atoms with E-state index in [1.165, 1.54) is 0 Å². The Morgan fingerprint density at radius 1 is 1.32 bits per heavy atom. The van der Waals surface area contributed by atoms with Crippen molar-refractivity contribution in [1.82, 2.24) is 4.90 Å². The molecule has 0 aliphatic carbocycles. The molecule has 22 heavy (non-hydrogen) atoms. The topological polar surface area (TPSA) is 49.8 Å². The summed E-state index contributed by atoms with van der Waals surface area (Å²) >= 11 is 0. The molecule has 0 saturated carbocycles. The van der Waals surface area contributed by atoms with Gasteiger partial charge in [-0.1, -0.05) is 30.3 Å². The minimum Gasteiger partial charge on any atom is -0.444 e. The summed E-state index contributed by atoms with van der Waals surface area (Å²) in [4.78, 5) is 14.2. The molecular formula is C18H27NO3. The highest BCUT2D eigenvalue weighted by Crippen LogP contribution is 2.28. The molecule has 1 aromatic carbocycles. The van der Waals surface area contributed by atoms with E-state index in [0.29, 0.717) is 13.0 Å². The Morgan fingerprint density at radius 3 is 2.64 bits per heavy atom. The molecule has 1 fully saturated rings. The Labute approximate surface area is 133 Å². The number of ether oxygens (including phenoxy) is 1. The first-order valence-corrected chi connectivity index (χ1v) is 8.09. The summed E-state index contributed by atoms with van der Waals surface area (Å²) in [5.74, 6) is 0. The molecule has 1 aliphatic heterocycles. The van der Waals surface area contributed by atoms with Gasteiger partial charge in [-0.15, -0.1) is 0 Å². The molecule has 1 aliphatic rings. The molecular weight excluding hydrogens is 278 g/mol. The number of aliphatic hydroxyl groups is 1. The number of likely N-dealkylation sites (tertiary alicyclic amines) is 1. The first kappa shape index (κ1) is 16.8. The minimum atomic E-state index is -0.547. The molecule has 4 heteroatoms. The molecule has 1 N–H and O–H groups in total. The lowest BCUT2D eigenvalue weighted by molar-refractivity contribution is 0.00237. The van der Waals surface area contributed by atoms with E-state index in [-0.39, 0.29) is 12.1 Å². The first-order chi connectivity index (χ1) is 10.4. The fourth-order valence-electron chi connectivity index (χ4n) is 2.88. The van der Waals surface area contributed by atoms with Gasteiger partial charge in [-0.2, -0.15) is 0 Å². The Morgan fingerprint density at radius 2 is 2.00 bits per heavy atom. The summed E-state index contributed by atoms with van der Waals surface area (Å²) in [6, 6.07) is 9.66. The lowest BCUT2D eigenvalue weighted by Crippen LogP contribution is -2.46. The molecule has 0 aromatic heterocycles. The average Bonchev–Trinajstić information content (AvgIpc) is 2.47. The number of benzene rings is 1. The maximum atomic E-state index is 12.4. The largest absolute Gasteiger partial charge is 0.444 e. The average molecular weight is 305 g/mol. The van der Waals surface area contributed by atoms with E-state index in [9.17, 15) is 9.90 Å². The van der Waals surface area contributed by atoms with Crippen LogP contribution in [0.25, 0.3) is 0 Å². The van der Waals surface area contributed by atoms with E-state index in [0.717, 1.165) is 24.8 Å². The van der Waals surface area contributed by atoms with Crippen LogP contribution in [0.15, 0.2) is 30.3 Å². The third-order valence-electron chi connectivity index (χ3n) is 3.93. The zero-order valence-corrected chi connectivity index (χ0v) is 13.8. The van der Waals surface area contributed by atoms with Crippen molar-refractivity contribution >= 4 is 6.09 Å². The summed E-state index contributed by atoms with van der Waals surface area (Å²) in [6.45, 7) is 6.34. The van der Waals surface area contributed by atoms with E-state index in [2.05, 4.69) is 0 Å². The van der Waals surface area contributed by atoms with Crippen LogP contribution < -0.4 is 0 Å². The lowest BCUT2D eigenvalue weighted by Gasteiger charge is -2.37. The van der Waals surface area contributed by atoms with E-state index in [4.69, 9.17) is 4.74 Å². The third kappa shape index (κ3) is 4.73. The van der Waals surface area contributed by atoms with Crippen LogP contribution in [0.5, 0.6) is 0 Å². The molecule has 0 radical (unpaired) electrons. The number of piperidine rings is 1. The Bertz CT molecular complexity index is 481. The van der Waals surface area contributed by atoms with Gasteiger partial charge in [-0.3, -0.25) is 0 Å². The fraction of sp³-hybridized carbons (Fsp3) is 0.611. The molecule has 2 atom stereocenters. The van der Waals surface area contributed by atoms with Gasteiger partial charge >= 0.3 is 6.09 Å². The third-order valence-corrected chi connectivity index (χ3v) is 3.93. The van der Waals surface area contributed by atoms with Gasteiger partial charge in [0.2, 0.25) is 0 Å². The normalized spacial score (nSPS) is 20.5. The van der Waals surface area contributed by atoms with Gasteiger partial charge in [0.15, 0.2) is 0 Å². The fourth-order valence-corrected chi connectivity index (χ4v) is 2.88. The van der Waals surface area contributed by atoms with Crippen LogP contribution in [0, 0.1) is 0 Å². The van der Waals surface area contributed by atoms with Crippen LogP contribution in [-0.2, 0) is 4.74 Å². The second kappa shape index (κ2) is 7.14. The molecule has 0 bridgehead atoms. The number of amides is 1. The van der Waals surface area contributed by atoms with Crippen molar-refractivity contribution in [3.63, 3.8) is 0 Å². The second-order valence-corrected chi connectivity index (χ2v) is 6.99. The van der Waals surface area contributed by atoms with E-state index >= 15 is 0 Å². The quantitative estimate of drug-likeness (QED) is 0.921. The summed E-state index contributed by atoms with van der Waals surface area (Å²) in [7, 11) is 0. The van der Waals surface area contributed by atoms with Crippen LogP contribution in [0.2, 0.25) is 0 Å². The highest BCUT2D eigenvalue weighted by atomic mass is 16.6. The standard InChI is InChI=1S/C18H27NO3/c1-18(2,3)22-17(21)19-12-8-7-11-15(19)13-16(20)14-9-5-4-6-10-14/h4-6,9-10,15-16,20H,7-8,11-13H2,1-3H3/t15-,16-/m0/s1. The minimum absolute atomic E-state index is 0.0406. The van der Waals surface area contributed by atoms with E-state index in [1.54, 1.807) is 4.90 Å². The van der Waals surface area contributed by atoms with Crippen molar-refractivity contribution in [2.45, 2.75) is 64.2 Å². The molecule has 4 nitrogen and oxygen atoms in total. The summed E-state index contributed by atoms with van der Waals surface area (Å²) in [5.41, 5.74) is 0.411. The number of nitrogens with zero attached hydrogens (tertiary/aromatic N) is 1. The lowest BCUT2D eigenvalue weighted by atomic mass is 9.94. The highest BCUT2D eigenvalue weighted by molar-refractivity contribution is 5.68. The monoisotopic (exact) mass is 305 g/mol. The number of rotatable bonds is 3. The zero-order valence-electron chi connectivity index (χ0n) is 13.8. The van der Waals surface area contributed by atoms with Crippen molar-refractivity contribution in [3.8, 4) is 0 Å². The summed E-state index contributed by atoms with van der Waals surface area (Å²) in [6.07, 6.45) is 2.75. The van der Waals surface area contributed by atoms with Gasteiger partial charge in [-0.05, 0) is 52.0 Å². The molecule has 1 aromatic rings. The molecule has 0 unspecified atom stereocenters. The molecule has 2 rings (SSSR count). The van der Waals surface area contributed by atoms with Crippen LogP contribution in [0.3, 0.4) is 0 Å². The number of carbonyl (C=O) groups is 1. The van der Waals surface area contributed by atoms with E-state index < -0.39 is 11.7 Å². The SMILES string of the molecule is CC(C)(C)OC(=O)N1CCCC[C@H]1C[C@H](O)c1ccccc1. The van der Waals surface area contributed by atoms with E-state index in [1.807, 2.05) is 51.1 Å². The number of carbonyl (C=O) groups excluding carboxylic acids is 1. The van der Waals surface area contributed by atoms with Crippen LogP contribution >= 0.6 is 0 Å². The van der Waals surface area contributed by atoms with Crippen molar-refractivity contribution in [2.24, 2.45) is 0 Å².